The van der Waals surface area contributed by atoms with Crippen molar-refractivity contribution in [1.82, 2.24) is 4.90 Å². The SMILES string of the molecule is CC.CN.COc1ccc(C(=O)CCCC=O)cc1.FCCCCOc1ccc(CCCN2CCCC2)cc1. The zero-order chi connectivity index (χ0) is 29.1. The van der Waals surface area contributed by atoms with Gasteiger partial charge in [-0.25, -0.2) is 0 Å². The Morgan fingerprint density at radius 1 is 0.923 bits per heavy atom. The molecule has 2 N–H and O–H groups in total. The molecule has 3 rings (SSSR count). The second-order valence-corrected chi connectivity index (χ2v) is 8.75. The quantitative estimate of drug-likeness (QED) is 0.152. The van der Waals surface area contributed by atoms with Crippen LogP contribution in [0.4, 0.5) is 4.39 Å². The highest BCUT2D eigenvalue weighted by molar-refractivity contribution is 5.96. The summed E-state index contributed by atoms with van der Waals surface area (Å²) in [6.07, 6.45) is 8.81. The number of benzene rings is 2. The minimum absolute atomic E-state index is 0.0690. The normalized spacial score (nSPS) is 12.1. The molecule has 0 unspecified atom stereocenters. The van der Waals surface area contributed by atoms with Crippen molar-refractivity contribution >= 4 is 12.1 Å². The van der Waals surface area contributed by atoms with Crippen LogP contribution >= 0.6 is 0 Å². The van der Waals surface area contributed by atoms with Crippen LogP contribution in [0.2, 0.25) is 0 Å². The first-order valence-corrected chi connectivity index (χ1v) is 14.3. The molecule has 0 bridgehead atoms. The van der Waals surface area contributed by atoms with Crippen molar-refractivity contribution in [2.75, 3.05) is 47.1 Å². The van der Waals surface area contributed by atoms with Crippen molar-refractivity contribution < 1.29 is 23.5 Å². The summed E-state index contributed by atoms with van der Waals surface area (Å²) in [5.74, 6) is 1.70. The number of ketones is 1. The monoisotopic (exact) mass is 546 g/mol. The van der Waals surface area contributed by atoms with Gasteiger partial charge in [0.05, 0.1) is 20.4 Å². The number of halogens is 1. The molecule has 39 heavy (non-hydrogen) atoms. The molecule has 0 amide bonds. The van der Waals surface area contributed by atoms with Gasteiger partial charge in [-0.3, -0.25) is 9.18 Å². The lowest BCUT2D eigenvalue weighted by atomic mass is 10.1. The number of rotatable bonds is 15. The van der Waals surface area contributed by atoms with Gasteiger partial charge in [0.15, 0.2) is 5.78 Å². The molecular formula is C32H51FN2O4. The van der Waals surface area contributed by atoms with Gasteiger partial charge in [0, 0.05) is 18.4 Å². The van der Waals surface area contributed by atoms with Crippen LogP contribution in [0.5, 0.6) is 11.5 Å². The number of aldehydes is 1. The van der Waals surface area contributed by atoms with Crippen LogP contribution in [0, 0.1) is 0 Å². The lowest BCUT2D eigenvalue weighted by Crippen LogP contribution is -2.20. The first kappa shape index (κ1) is 36.2. The van der Waals surface area contributed by atoms with Crippen LogP contribution in [0.15, 0.2) is 48.5 Å². The number of alkyl halides is 1. The zero-order valence-electron chi connectivity index (χ0n) is 24.6. The van der Waals surface area contributed by atoms with Gasteiger partial charge in [-0.2, -0.15) is 0 Å². The van der Waals surface area contributed by atoms with E-state index < -0.39 is 0 Å². The van der Waals surface area contributed by atoms with E-state index in [1.807, 2.05) is 26.0 Å². The number of methoxy groups -OCH3 is 1. The van der Waals surface area contributed by atoms with Gasteiger partial charge in [0.25, 0.3) is 0 Å². The number of nitrogens with two attached hydrogens (primary N) is 1. The number of carbonyl (C=O) groups is 2. The average molecular weight is 547 g/mol. The average Bonchev–Trinajstić information content (AvgIpc) is 3.52. The van der Waals surface area contributed by atoms with Crippen molar-refractivity contribution in [3.8, 4) is 11.5 Å². The third kappa shape index (κ3) is 17.4. The zero-order valence-corrected chi connectivity index (χ0v) is 24.6. The Balaban J connectivity index is 0.000000678. The largest absolute Gasteiger partial charge is 0.497 e. The maximum Gasteiger partial charge on any atom is 0.162 e. The van der Waals surface area contributed by atoms with E-state index >= 15 is 0 Å². The van der Waals surface area contributed by atoms with Crippen molar-refractivity contribution in [2.24, 2.45) is 5.73 Å². The summed E-state index contributed by atoms with van der Waals surface area (Å²) >= 11 is 0. The van der Waals surface area contributed by atoms with E-state index in [4.69, 9.17) is 9.47 Å². The smallest absolute Gasteiger partial charge is 0.162 e. The topological polar surface area (TPSA) is 81.9 Å². The number of unbranched alkanes of at least 4 members (excludes halogenated alkanes) is 2. The van der Waals surface area contributed by atoms with E-state index in [0.717, 1.165) is 30.6 Å². The van der Waals surface area contributed by atoms with Gasteiger partial charge >= 0.3 is 0 Å². The summed E-state index contributed by atoms with van der Waals surface area (Å²) in [4.78, 5) is 24.2. The number of aryl methyl sites for hydroxylation is 1. The van der Waals surface area contributed by atoms with Gasteiger partial charge in [0.1, 0.15) is 17.8 Å². The summed E-state index contributed by atoms with van der Waals surface area (Å²) in [6.45, 7) is 8.15. The molecule has 1 aliphatic heterocycles. The molecule has 1 saturated heterocycles. The molecule has 0 radical (unpaired) electrons. The van der Waals surface area contributed by atoms with E-state index in [1.54, 1.807) is 31.4 Å². The van der Waals surface area contributed by atoms with Crippen LogP contribution in [0.1, 0.15) is 81.1 Å². The van der Waals surface area contributed by atoms with Gasteiger partial charge in [0.2, 0.25) is 0 Å². The minimum atomic E-state index is -0.251. The van der Waals surface area contributed by atoms with Gasteiger partial charge in [-0.15, -0.1) is 0 Å². The molecule has 1 heterocycles. The third-order valence-electron chi connectivity index (χ3n) is 6.00. The highest BCUT2D eigenvalue weighted by Gasteiger charge is 2.10. The molecule has 7 heteroatoms. The molecule has 1 fully saturated rings. The highest BCUT2D eigenvalue weighted by Crippen LogP contribution is 2.15. The second kappa shape index (κ2) is 25.5. The fourth-order valence-electron chi connectivity index (χ4n) is 3.92. The third-order valence-corrected chi connectivity index (χ3v) is 6.00. The van der Waals surface area contributed by atoms with Crippen molar-refractivity contribution in [3.05, 3.63) is 59.7 Å². The Morgan fingerprint density at radius 2 is 1.54 bits per heavy atom. The van der Waals surface area contributed by atoms with Crippen molar-refractivity contribution in [3.63, 3.8) is 0 Å². The predicted molar refractivity (Wildman–Crippen MR) is 160 cm³/mol. The summed E-state index contributed by atoms with van der Waals surface area (Å²) in [5.41, 5.74) is 6.54. The van der Waals surface area contributed by atoms with Gasteiger partial charge in [-0.05, 0) is 114 Å². The van der Waals surface area contributed by atoms with Crippen LogP contribution in [0.25, 0.3) is 0 Å². The van der Waals surface area contributed by atoms with E-state index in [9.17, 15) is 14.0 Å². The van der Waals surface area contributed by atoms with Crippen LogP contribution in [-0.4, -0.2) is 64.0 Å². The van der Waals surface area contributed by atoms with E-state index in [1.165, 1.54) is 51.5 Å². The Hall–Kier alpha value is -2.77. The minimum Gasteiger partial charge on any atom is -0.497 e. The standard InChI is InChI=1S/C17H26FNO.C12H14O3.C2H6.CH5N/c18-11-1-4-15-20-17-9-7-16(8-10-17)6-5-14-19-12-2-3-13-19;1-15-11-7-5-10(6-8-11)12(14)4-2-3-9-13;2*1-2/h7-10H,1-6,11-15H2;5-9H,2-4H2,1H3;1-2H3;2H2,1H3. The van der Waals surface area contributed by atoms with Gasteiger partial charge in [-0.1, -0.05) is 26.0 Å². The number of nitrogens with zero attached hydrogens (tertiary/aromatic N) is 1. The molecule has 2 aromatic rings. The number of hydrogen-bond donors (Lipinski definition) is 1. The molecule has 0 aromatic heterocycles. The fourth-order valence-corrected chi connectivity index (χ4v) is 3.92. The van der Waals surface area contributed by atoms with E-state index in [0.29, 0.717) is 37.9 Å². The Kier molecular flexibility index (Phi) is 23.7. The van der Waals surface area contributed by atoms with Crippen LogP contribution in [0.3, 0.4) is 0 Å². The summed E-state index contributed by atoms with van der Waals surface area (Å²) in [6, 6.07) is 15.3. The summed E-state index contributed by atoms with van der Waals surface area (Å²) in [5, 5.41) is 0. The lowest BCUT2D eigenvalue weighted by molar-refractivity contribution is -0.107. The number of ether oxygens (including phenoxy) is 2. The van der Waals surface area contributed by atoms with E-state index in [2.05, 4.69) is 22.8 Å². The fraction of sp³-hybridized carbons (Fsp3) is 0.562. The predicted octanol–water partition coefficient (Wildman–Crippen LogP) is 6.69. The molecule has 220 valence electrons. The second-order valence-electron chi connectivity index (χ2n) is 8.75. The summed E-state index contributed by atoms with van der Waals surface area (Å²) < 4.78 is 22.5. The molecule has 0 aliphatic carbocycles. The lowest BCUT2D eigenvalue weighted by Gasteiger charge is -2.14. The first-order chi connectivity index (χ1) is 19.2. The van der Waals surface area contributed by atoms with Crippen LogP contribution in [-0.2, 0) is 11.2 Å². The van der Waals surface area contributed by atoms with Crippen molar-refractivity contribution in [1.29, 1.82) is 0 Å². The summed E-state index contributed by atoms with van der Waals surface area (Å²) in [7, 11) is 3.08. The number of likely N-dealkylation sites (tertiary alicyclic amines) is 1. The molecular weight excluding hydrogens is 495 g/mol. The highest BCUT2D eigenvalue weighted by atomic mass is 19.1. The molecule has 0 atom stereocenters. The molecule has 6 nitrogen and oxygen atoms in total. The molecule has 2 aromatic carbocycles. The number of Topliss-reactive ketones (excluding diaryl/α,β-unsaturated/α-hetero) is 1. The first-order valence-electron chi connectivity index (χ1n) is 14.3. The molecule has 0 spiro atoms. The van der Waals surface area contributed by atoms with Crippen molar-refractivity contribution in [2.45, 2.75) is 71.6 Å². The Bertz CT molecular complexity index is 838. The van der Waals surface area contributed by atoms with Gasteiger partial charge < -0.3 is 24.9 Å². The maximum absolute atomic E-state index is 11.9. The molecule has 1 aliphatic rings. The maximum atomic E-state index is 11.9. The Morgan fingerprint density at radius 3 is 2.10 bits per heavy atom. The number of hydrogen-bond acceptors (Lipinski definition) is 6. The molecule has 0 saturated carbocycles. The number of carbonyl (C=O) groups excluding carboxylic acids is 2. The van der Waals surface area contributed by atoms with Crippen LogP contribution < -0.4 is 15.2 Å². The van der Waals surface area contributed by atoms with E-state index in [-0.39, 0.29) is 12.5 Å². The Labute approximate surface area is 236 Å².